The lowest BCUT2D eigenvalue weighted by atomic mass is 10.0. The zero-order valence-electron chi connectivity index (χ0n) is 16.7. The highest BCUT2D eigenvalue weighted by Gasteiger charge is 2.37. The van der Waals surface area contributed by atoms with Gasteiger partial charge in [-0.3, -0.25) is 9.69 Å². The second-order valence-electron chi connectivity index (χ2n) is 7.34. The first-order chi connectivity index (χ1) is 15.0. The molecular formula is C21H20ClF6N3O. The van der Waals surface area contributed by atoms with Gasteiger partial charge in [-0.2, -0.15) is 26.3 Å². The number of nitrogens with zero attached hydrogens (tertiary/aromatic N) is 1. The molecule has 1 aliphatic heterocycles. The Balaban J connectivity index is 1.87. The van der Waals surface area contributed by atoms with Crippen molar-refractivity contribution in [1.82, 2.24) is 15.5 Å². The summed E-state index contributed by atoms with van der Waals surface area (Å²) in [7, 11) is 0. The van der Waals surface area contributed by atoms with Crippen molar-refractivity contribution in [2.45, 2.75) is 24.9 Å². The molecule has 2 aromatic carbocycles. The van der Waals surface area contributed by atoms with Gasteiger partial charge in [0.25, 0.3) is 0 Å². The molecule has 0 aliphatic carbocycles. The van der Waals surface area contributed by atoms with Gasteiger partial charge >= 0.3 is 12.4 Å². The lowest BCUT2D eigenvalue weighted by Gasteiger charge is -2.34. The van der Waals surface area contributed by atoms with Crippen LogP contribution in [-0.4, -0.2) is 37.0 Å². The highest BCUT2D eigenvalue weighted by atomic mass is 35.5. The smallest absolute Gasteiger partial charge is 0.350 e. The van der Waals surface area contributed by atoms with Gasteiger partial charge < -0.3 is 10.6 Å². The average molecular weight is 480 g/mol. The van der Waals surface area contributed by atoms with Crippen molar-refractivity contribution < 1.29 is 31.1 Å². The van der Waals surface area contributed by atoms with Gasteiger partial charge in [0.2, 0.25) is 5.91 Å². The van der Waals surface area contributed by atoms with Crippen LogP contribution >= 0.6 is 11.6 Å². The SMILES string of the molecule is O=C(NCc1cc(C(F)(F)F)cc(C(F)(F)F)c1)C(c1ccccc1Cl)N1CCNCC1. The van der Waals surface area contributed by atoms with Crippen LogP contribution in [0.25, 0.3) is 0 Å². The number of amides is 1. The number of benzene rings is 2. The molecule has 0 aromatic heterocycles. The van der Waals surface area contributed by atoms with Crippen LogP contribution in [0, 0.1) is 0 Å². The molecule has 174 valence electrons. The Morgan fingerprint density at radius 2 is 1.56 bits per heavy atom. The third-order valence-corrected chi connectivity index (χ3v) is 5.42. The van der Waals surface area contributed by atoms with Crippen LogP contribution in [0.15, 0.2) is 42.5 Å². The molecule has 2 N–H and O–H groups in total. The Bertz CT molecular complexity index is 925. The quantitative estimate of drug-likeness (QED) is 0.614. The molecule has 32 heavy (non-hydrogen) atoms. The largest absolute Gasteiger partial charge is 0.416 e. The van der Waals surface area contributed by atoms with Crippen LogP contribution in [0.4, 0.5) is 26.3 Å². The first-order valence-electron chi connectivity index (χ1n) is 9.72. The molecule has 4 nitrogen and oxygen atoms in total. The summed E-state index contributed by atoms with van der Waals surface area (Å²) in [5.74, 6) is -0.564. The maximum atomic E-state index is 13.1. The molecule has 0 spiro atoms. The van der Waals surface area contributed by atoms with E-state index in [4.69, 9.17) is 11.6 Å². The Labute approximate surface area is 185 Å². The highest BCUT2D eigenvalue weighted by Crippen LogP contribution is 2.36. The number of hydrogen-bond donors (Lipinski definition) is 2. The Hall–Kier alpha value is -2.30. The maximum absolute atomic E-state index is 13.1. The number of piperazine rings is 1. The summed E-state index contributed by atoms with van der Waals surface area (Å²) in [6.45, 7) is 1.78. The lowest BCUT2D eigenvalue weighted by molar-refractivity contribution is -0.143. The molecule has 2 aromatic rings. The van der Waals surface area contributed by atoms with Crippen LogP contribution in [0.2, 0.25) is 5.02 Å². The Morgan fingerprint density at radius 3 is 2.09 bits per heavy atom. The van der Waals surface area contributed by atoms with Crippen molar-refractivity contribution >= 4 is 17.5 Å². The summed E-state index contributed by atoms with van der Waals surface area (Å²) in [6, 6.07) is 7.10. The van der Waals surface area contributed by atoms with Gasteiger partial charge in [-0.25, -0.2) is 0 Å². The van der Waals surface area contributed by atoms with E-state index in [2.05, 4.69) is 10.6 Å². The molecule has 0 saturated carbocycles. The summed E-state index contributed by atoms with van der Waals surface area (Å²) in [6.07, 6.45) is -9.91. The summed E-state index contributed by atoms with van der Waals surface area (Å²) in [4.78, 5) is 14.9. The van der Waals surface area contributed by atoms with Gasteiger partial charge in [0, 0.05) is 37.7 Å². The molecule has 1 aliphatic rings. The predicted octanol–water partition coefficient (Wildman–Crippen LogP) is 4.64. The van der Waals surface area contributed by atoms with Crippen molar-refractivity contribution in [2.75, 3.05) is 26.2 Å². The fourth-order valence-corrected chi connectivity index (χ4v) is 3.79. The van der Waals surface area contributed by atoms with E-state index >= 15 is 0 Å². The number of rotatable bonds is 5. The minimum Gasteiger partial charge on any atom is -0.350 e. The van der Waals surface area contributed by atoms with Crippen molar-refractivity contribution in [3.63, 3.8) is 0 Å². The van der Waals surface area contributed by atoms with Crippen LogP contribution in [0.5, 0.6) is 0 Å². The molecule has 1 unspecified atom stereocenters. The molecule has 3 rings (SSSR count). The van der Waals surface area contributed by atoms with E-state index in [1.54, 1.807) is 24.3 Å². The zero-order valence-corrected chi connectivity index (χ0v) is 17.4. The zero-order chi connectivity index (χ0) is 23.5. The lowest BCUT2D eigenvalue weighted by Crippen LogP contribution is -2.49. The molecule has 11 heteroatoms. The first-order valence-corrected chi connectivity index (χ1v) is 10.1. The van der Waals surface area contributed by atoms with Crippen molar-refractivity contribution in [1.29, 1.82) is 0 Å². The summed E-state index contributed by atoms with van der Waals surface area (Å²) in [5, 5.41) is 5.98. The van der Waals surface area contributed by atoms with Gasteiger partial charge in [0.15, 0.2) is 0 Å². The predicted molar refractivity (Wildman–Crippen MR) is 107 cm³/mol. The maximum Gasteiger partial charge on any atom is 0.416 e. The van der Waals surface area contributed by atoms with E-state index in [1.807, 2.05) is 4.90 Å². The highest BCUT2D eigenvalue weighted by molar-refractivity contribution is 6.31. The number of halogens is 7. The molecule has 0 bridgehead atoms. The van der Waals surface area contributed by atoms with Crippen molar-refractivity contribution in [3.8, 4) is 0 Å². The average Bonchev–Trinajstić information content (AvgIpc) is 2.73. The summed E-state index contributed by atoms with van der Waals surface area (Å²) >= 11 is 6.27. The number of alkyl halides is 6. The van der Waals surface area contributed by atoms with Crippen LogP contribution < -0.4 is 10.6 Å². The normalized spacial score (nSPS) is 16.6. The summed E-state index contributed by atoms with van der Waals surface area (Å²) < 4.78 is 78.5. The minimum absolute atomic E-state index is 0.0542. The number of carbonyl (C=O) groups is 1. The first kappa shape index (κ1) is 24.3. The van der Waals surface area contributed by atoms with Crippen LogP contribution in [0.3, 0.4) is 0 Å². The third kappa shape index (κ3) is 5.93. The fraction of sp³-hybridized carbons (Fsp3) is 0.381. The monoisotopic (exact) mass is 479 g/mol. The molecule has 1 fully saturated rings. The molecule has 1 amide bonds. The fourth-order valence-electron chi connectivity index (χ4n) is 3.55. The standard InChI is InChI=1S/C21H20ClF6N3O/c22-17-4-2-1-3-16(17)18(31-7-5-29-6-8-31)19(32)30-12-13-9-14(20(23,24)25)11-15(10-13)21(26,27)28/h1-4,9-11,18,29H,5-8,12H2,(H,30,32). The molecule has 1 heterocycles. The van der Waals surface area contributed by atoms with Gasteiger partial charge in [-0.1, -0.05) is 29.8 Å². The number of carbonyl (C=O) groups excluding carboxylic acids is 1. The Kier molecular flexibility index (Phi) is 7.36. The van der Waals surface area contributed by atoms with Crippen molar-refractivity contribution in [2.24, 2.45) is 0 Å². The molecule has 0 radical (unpaired) electrons. The van der Waals surface area contributed by atoms with E-state index < -0.39 is 42.0 Å². The van der Waals surface area contributed by atoms with E-state index in [-0.39, 0.29) is 11.6 Å². The second kappa shape index (κ2) is 9.68. The van der Waals surface area contributed by atoms with Crippen LogP contribution in [0.1, 0.15) is 28.3 Å². The third-order valence-electron chi connectivity index (χ3n) is 5.08. The number of hydrogen-bond acceptors (Lipinski definition) is 3. The van der Waals surface area contributed by atoms with E-state index in [0.717, 1.165) is 0 Å². The van der Waals surface area contributed by atoms with Crippen LogP contribution in [-0.2, 0) is 23.7 Å². The second-order valence-corrected chi connectivity index (χ2v) is 7.75. The molecular weight excluding hydrogens is 460 g/mol. The van der Waals surface area contributed by atoms with E-state index in [0.29, 0.717) is 48.9 Å². The van der Waals surface area contributed by atoms with E-state index in [9.17, 15) is 31.1 Å². The van der Waals surface area contributed by atoms with Crippen molar-refractivity contribution in [3.05, 3.63) is 69.7 Å². The topological polar surface area (TPSA) is 44.4 Å². The van der Waals surface area contributed by atoms with Gasteiger partial charge in [-0.15, -0.1) is 0 Å². The van der Waals surface area contributed by atoms with Gasteiger partial charge in [0.05, 0.1) is 11.1 Å². The number of nitrogens with one attached hydrogen (secondary N) is 2. The van der Waals surface area contributed by atoms with Gasteiger partial charge in [-0.05, 0) is 35.4 Å². The molecule has 1 saturated heterocycles. The minimum atomic E-state index is -4.96. The summed E-state index contributed by atoms with van der Waals surface area (Å²) in [5.41, 5.74) is -2.66. The van der Waals surface area contributed by atoms with E-state index in [1.165, 1.54) is 0 Å². The molecule has 1 atom stereocenters. The Morgan fingerprint density at radius 1 is 1.00 bits per heavy atom. The van der Waals surface area contributed by atoms with Gasteiger partial charge in [0.1, 0.15) is 6.04 Å².